The summed E-state index contributed by atoms with van der Waals surface area (Å²) >= 11 is 0. The minimum Gasteiger partial charge on any atom is -0.313 e. The number of aromatic nitrogens is 3. The van der Waals surface area contributed by atoms with Gasteiger partial charge < -0.3 is 5.32 Å². The van der Waals surface area contributed by atoms with Crippen LogP contribution in [0.15, 0.2) is 12.4 Å². The van der Waals surface area contributed by atoms with E-state index in [-0.39, 0.29) is 0 Å². The molecule has 4 heteroatoms. The molecule has 1 atom stereocenters. The quantitative estimate of drug-likeness (QED) is 0.814. The molecule has 0 saturated heterocycles. The highest BCUT2D eigenvalue weighted by molar-refractivity contribution is 5.01. The molecule has 0 bridgehead atoms. The minimum atomic E-state index is 0.686. The Labute approximate surface area is 109 Å². The number of aryl methyl sites for hydroxylation is 1. The van der Waals surface area contributed by atoms with Crippen molar-refractivity contribution >= 4 is 0 Å². The molecule has 0 aliphatic heterocycles. The first-order valence-corrected chi connectivity index (χ1v) is 7.47. The third-order valence-corrected chi connectivity index (χ3v) is 4.95. The molecule has 1 N–H and O–H groups in total. The van der Waals surface area contributed by atoms with Gasteiger partial charge in [0, 0.05) is 18.8 Å². The lowest BCUT2D eigenvalue weighted by atomic mass is 9.57. The van der Waals surface area contributed by atoms with Crippen molar-refractivity contribution in [1.29, 1.82) is 0 Å². The smallest absolute Gasteiger partial charge is 0.0692 e. The Morgan fingerprint density at radius 2 is 2.11 bits per heavy atom. The van der Waals surface area contributed by atoms with E-state index in [1.54, 1.807) is 6.20 Å². The summed E-state index contributed by atoms with van der Waals surface area (Å²) in [5, 5.41) is 11.6. The standard InChI is InChI=1S/C14H24N4/c1-2-6-14(7-3-1)8-5-13(14)15-9-4-11-18-12-10-16-17-18/h10,12-13,15H,1-9,11H2. The molecular weight excluding hydrogens is 224 g/mol. The van der Waals surface area contributed by atoms with E-state index in [2.05, 4.69) is 15.6 Å². The molecule has 2 fully saturated rings. The molecule has 1 aromatic rings. The topological polar surface area (TPSA) is 42.7 Å². The molecule has 0 amide bonds. The second-order valence-corrected chi connectivity index (χ2v) is 5.99. The first-order chi connectivity index (χ1) is 8.89. The van der Waals surface area contributed by atoms with Crippen molar-refractivity contribution in [2.24, 2.45) is 5.41 Å². The zero-order valence-electron chi connectivity index (χ0n) is 11.1. The second-order valence-electron chi connectivity index (χ2n) is 5.99. The summed E-state index contributed by atoms with van der Waals surface area (Å²) in [6.45, 7) is 2.10. The fourth-order valence-corrected chi connectivity index (χ4v) is 3.74. The fourth-order valence-electron chi connectivity index (χ4n) is 3.74. The Balaban J connectivity index is 1.38. The summed E-state index contributed by atoms with van der Waals surface area (Å²) in [4.78, 5) is 0. The van der Waals surface area contributed by atoms with Crippen LogP contribution in [0.2, 0.25) is 0 Å². The van der Waals surface area contributed by atoms with Gasteiger partial charge in [-0.1, -0.05) is 24.5 Å². The molecule has 1 aromatic heterocycles. The number of nitrogens with one attached hydrogen (secondary N) is 1. The van der Waals surface area contributed by atoms with Gasteiger partial charge in [-0.05, 0) is 44.1 Å². The molecule has 4 nitrogen and oxygen atoms in total. The van der Waals surface area contributed by atoms with Crippen LogP contribution in [-0.4, -0.2) is 27.6 Å². The van der Waals surface area contributed by atoms with Crippen LogP contribution in [0.3, 0.4) is 0 Å². The van der Waals surface area contributed by atoms with Gasteiger partial charge in [-0.25, -0.2) is 0 Å². The van der Waals surface area contributed by atoms with Crippen LogP contribution in [0.25, 0.3) is 0 Å². The van der Waals surface area contributed by atoms with Crippen LogP contribution in [0, 0.1) is 5.41 Å². The van der Waals surface area contributed by atoms with Gasteiger partial charge in [-0.2, -0.15) is 0 Å². The third kappa shape index (κ3) is 2.44. The van der Waals surface area contributed by atoms with E-state index in [1.165, 1.54) is 44.9 Å². The van der Waals surface area contributed by atoms with Gasteiger partial charge in [0.2, 0.25) is 0 Å². The largest absolute Gasteiger partial charge is 0.313 e. The van der Waals surface area contributed by atoms with Crippen LogP contribution in [0.4, 0.5) is 0 Å². The summed E-state index contributed by atoms with van der Waals surface area (Å²) in [5.41, 5.74) is 0.686. The summed E-state index contributed by atoms with van der Waals surface area (Å²) in [6, 6.07) is 0.800. The lowest BCUT2D eigenvalue weighted by molar-refractivity contribution is 0.0231. The van der Waals surface area contributed by atoms with E-state index in [0.717, 1.165) is 25.6 Å². The van der Waals surface area contributed by atoms with Crippen molar-refractivity contribution < 1.29 is 0 Å². The Morgan fingerprint density at radius 3 is 2.78 bits per heavy atom. The van der Waals surface area contributed by atoms with Gasteiger partial charge >= 0.3 is 0 Å². The van der Waals surface area contributed by atoms with Crippen molar-refractivity contribution in [2.45, 2.75) is 64.0 Å². The first-order valence-electron chi connectivity index (χ1n) is 7.47. The molecule has 0 radical (unpaired) electrons. The molecule has 2 aliphatic carbocycles. The van der Waals surface area contributed by atoms with E-state index in [4.69, 9.17) is 0 Å². The van der Waals surface area contributed by atoms with Gasteiger partial charge in [-0.3, -0.25) is 4.68 Å². The highest BCUT2D eigenvalue weighted by Gasteiger charge is 2.46. The minimum absolute atomic E-state index is 0.686. The molecule has 1 spiro atoms. The van der Waals surface area contributed by atoms with Crippen LogP contribution in [-0.2, 0) is 6.54 Å². The van der Waals surface area contributed by atoms with Crippen molar-refractivity contribution in [2.75, 3.05) is 6.54 Å². The van der Waals surface area contributed by atoms with Gasteiger partial charge in [0.25, 0.3) is 0 Å². The molecule has 18 heavy (non-hydrogen) atoms. The van der Waals surface area contributed by atoms with Crippen LogP contribution in [0.5, 0.6) is 0 Å². The molecule has 0 aromatic carbocycles. The average Bonchev–Trinajstić information content (AvgIpc) is 2.91. The second kappa shape index (κ2) is 5.39. The Kier molecular flexibility index (Phi) is 3.64. The molecule has 100 valence electrons. The van der Waals surface area contributed by atoms with Crippen LogP contribution in [0.1, 0.15) is 51.4 Å². The zero-order valence-corrected chi connectivity index (χ0v) is 11.1. The number of hydrogen-bond acceptors (Lipinski definition) is 3. The SMILES string of the molecule is c1cn(CCCNC2CCC23CCCCC3)nn1. The molecule has 3 rings (SSSR count). The highest BCUT2D eigenvalue weighted by atomic mass is 15.4. The molecule has 2 aliphatic rings. The predicted molar refractivity (Wildman–Crippen MR) is 71.2 cm³/mol. The third-order valence-electron chi connectivity index (χ3n) is 4.95. The summed E-state index contributed by atoms with van der Waals surface area (Å²) in [7, 11) is 0. The Hall–Kier alpha value is -0.900. The predicted octanol–water partition coefficient (Wildman–Crippen LogP) is 2.37. The maximum atomic E-state index is 3.99. The van der Waals surface area contributed by atoms with Crippen molar-refractivity contribution in [3.8, 4) is 0 Å². The Bertz CT molecular complexity index is 354. The van der Waals surface area contributed by atoms with Gasteiger partial charge in [0.05, 0.1) is 6.20 Å². The highest BCUT2D eigenvalue weighted by Crippen LogP contribution is 2.51. The maximum absolute atomic E-state index is 3.99. The maximum Gasteiger partial charge on any atom is 0.0692 e. The summed E-state index contributed by atoms with van der Waals surface area (Å²) < 4.78 is 1.92. The zero-order chi connectivity index (χ0) is 12.3. The lowest BCUT2D eigenvalue weighted by Crippen LogP contribution is -2.54. The molecule has 1 heterocycles. The van der Waals surface area contributed by atoms with Crippen molar-refractivity contribution in [1.82, 2.24) is 20.3 Å². The normalized spacial score (nSPS) is 26.1. The van der Waals surface area contributed by atoms with E-state index in [9.17, 15) is 0 Å². The van der Waals surface area contributed by atoms with Crippen LogP contribution < -0.4 is 5.32 Å². The number of hydrogen-bond donors (Lipinski definition) is 1. The Morgan fingerprint density at radius 1 is 1.22 bits per heavy atom. The summed E-state index contributed by atoms with van der Waals surface area (Å²) in [6.07, 6.45) is 15.0. The van der Waals surface area contributed by atoms with Gasteiger partial charge in [-0.15, -0.1) is 5.10 Å². The van der Waals surface area contributed by atoms with E-state index in [0.29, 0.717) is 5.41 Å². The van der Waals surface area contributed by atoms with Gasteiger partial charge in [0.1, 0.15) is 0 Å². The van der Waals surface area contributed by atoms with E-state index < -0.39 is 0 Å². The van der Waals surface area contributed by atoms with E-state index >= 15 is 0 Å². The monoisotopic (exact) mass is 248 g/mol. The van der Waals surface area contributed by atoms with Crippen LogP contribution >= 0.6 is 0 Å². The van der Waals surface area contributed by atoms with Gasteiger partial charge in [0.15, 0.2) is 0 Å². The van der Waals surface area contributed by atoms with E-state index in [1.807, 2.05) is 10.9 Å². The molecule has 2 saturated carbocycles. The first kappa shape index (κ1) is 12.2. The lowest BCUT2D eigenvalue weighted by Gasteiger charge is -2.52. The number of nitrogens with zero attached hydrogens (tertiary/aromatic N) is 3. The fraction of sp³-hybridized carbons (Fsp3) is 0.857. The number of rotatable bonds is 5. The summed E-state index contributed by atoms with van der Waals surface area (Å²) in [5.74, 6) is 0. The average molecular weight is 248 g/mol. The molecule has 1 unspecified atom stereocenters. The van der Waals surface area contributed by atoms with Crippen molar-refractivity contribution in [3.05, 3.63) is 12.4 Å². The molecular formula is C14H24N4. The van der Waals surface area contributed by atoms with Crippen molar-refractivity contribution in [3.63, 3.8) is 0 Å².